The van der Waals surface area contributed by atoms with Crippen molar-refractivity contribution in [3.05, 3.63) is 71.8 Å². The minimum Gasteiger partial charge on any atom is -0.465 e. The van der Waals surface area contributed by atoms with Crippen LogP contribution in [-0.4, -0.2) is 43.4 Å². The van der Waals surface area contributed by atoms with Gasteiger partial charge in [-0.25, -0.2) is 9.59 Å². The first-order valence-electron chi connectivity index (χ1n) is 10.7. The van der Waals surface area contributed by atoms with E-state index in [1.807, 2.05) is 12.2 Å². The van der Waals surface area contributed by atoms with E-state index in [4.69, 9.17) is 4.74 Å². The highest BCUT2D eigenvalue weighted by Crippen LogP contribution is 2.37. The van der Waals surface area contributed by atoms with Crippen LogP contribution >= 0.6 is 0 Å². The van der Waals surface area contributed by atoms with Gasteiger partial charge in [-0.3, -0.25) is 19.3 Å². The number of carbonyl (C=O) groups excluding carboxylic acids is 5. The lowest BCUT2D eigenvalue weighted by atomic mass is 9.85. The van der Waals surface area contributed by atoms with Gasteiger partial charge in [-0.15, -0.1) is 0 Å². The summed E-state index contributed by atoms with van der Waals surface area (Å²) in [6.45, 7) is -0.515. The molecule has 2 aliphatic rings. The van der Waals surface area contributed by atoms with Gasteiger partial charge in [0.05, 0.1) is 35.8 Å². The summed E-state index contributed by atoms with van der Waals surface area (Å²) in [6.07, 6.45) is 4.94. The minimum atomic E-state index is -0.723. The molecular weight excluding hydrogens is 440 g/mol. The lowest BCUT2D eigenvalue weighted by molar-refractivity contribution is -0.122. The molecule has 1 heterocycles. The van der Waals surface area contributed by atoms with E-state index in [1.54, 1.807) is 0 Å². The number of methoxy groups -OCH3 is 1. The van der Waals surface area contributed by atoms with E-state index in [2.05, 4.69) is 10.1 Å². The third kappa shape index (κ3) is 4.59. The number of nitrogens with zero attached hydrogens (tertiary/aromatic N) is 1. The third-order valence-corrected chi connectivity index (χ3v) is 5.79. The van der Waals surface area contributed by atoms with Crippen molar-refractivity contribution in [2.24, 2.45) is 11.8 Å². The van der Waals surface area contributed by atoms with Gasteiger partial charge in [-0.1, -0.05) is 12.2 Å². The Hall–Kier alpha value is -4.27. The highest BCUT2D eigenvalue weighted by Gasteiger charge is 2.47. The number of carbonyl (C=O) groups is 5. The summed E-state index contributed by atoms with van der Waals surface area (Å²) in [7, 11) is 1.27. The maximum atomic E-state index is 12.7. The van der Waals surface area contributed by atoms with Crippen LogP contribution in [0.1, 0.15) is 33.6 Å². The first kappa shape index (κ1) is 22.9. The second-order valence-corrected chi connectivity index (χ2v) is 7.91. The summed E-state index contributed by atoms with van der Waals surface area (Å²) in [6, 6.07) is 12.0. The zero-order valence-electron chi connectivity index (χ0n) is 18.4. The molecule has 1 aliphatic heterocycles. The fourth-order valence-corrected chi connectivity index (χ4v) is 4.02. The summed E-state index contributed by atoms with van der Waals surface area (Å²) >= 11 is 0. The number of benzene rings is 2. The first-order chi connectivity index (χ1) is 16.4. The fraction of sp³-hybridized carbons (Fsp3) is 0.240. The zero-order chi connectivity index (χ0) is 24.2. The van der Waals surface area contributed by atoms with E-state index < -0.39 is 24.5 Å². The Kier molecular flexibility index (Phi) is 6.53. The molecule has 0 aromatic heterocycles. The predicted molar refractivity (Wildman–Crippen MR) is 121 cm³/mol. The quantitative estimate of drug-likeness (QED) is 0.398. The van der Waals surface area contributed by atoms with Gasteiger partial charge in [0.2, 0.25) is 11.8 Å². The molecule has 9 nitrogen and oxygen atoms in total. The number of hydrogen-bond donors (Lipinski definition) is 1. The van der Waals surface area contributed by atoms with E-state index >= 15 is 0 Å². The molecule has 0 radical (unpaired) electrons. The summed E-state index contributed by atoms with van der Waals surface area (Å²) < 4.78 is 9.66. The van der Waals surface area contributed by atoms with Gasteiger partial charge in [-0.2, -0.15) is 0 Å². The average molecular weight is 462 g/mol. The number of nitrogens with one attached hydrogen (secondary N) is 1. The van der Waals surface area contributed by atoms with Gasteiger partial charge >= 0.3 is 11.9 Å². The molecule has 1 aliphatic carbocycles. The molecule has 0 spiro atoms. The molecule has 1 saturated heterocycles. The highest BCUT2D eigenvalue weighted by molar-refractivity contribution is 6.22. The Morgan fingerprint density at radius 2 is 1.38 bits per heavy atom. The van der Waals surface area contributed by atoms with Crippen molar-refractivity contribution >= 4 is 41.0 Å². The predicted octanol–water partition coefficient (Wildman–Crippen LogP) is 2.72. The molecule has 174 valence electrons. The number of hydrogen-bond acceptors (Lipinski definition) is 7. The summed E-state index contributed by atoms with van der Waals surface area (Å²) in [5.41, 5.74) is 1.34. The SMILES string of the molecule is COC(=O)c1ccc(NC(=O)COC(=O)c2ccc(N3C(=O)[C@@H]4CC=CC[C@H]4C3=O)cc2)cc1. The summed E-state index contributed by atoms with van der Waals surface area (Å²) in [5, 5.41) is 2.56. The van der Waals surface area contributed by atoms with Crippen LogP contribution in [0.25, 0.3) is 0 Å². The smallest absolute Gasteiger partial charge is 0.338 e. The molecule has 1 fully saturated rings. The van der Waals surface area contributed by atoms with Gasteiger partial charge in [0, 0.05) is 5.69 Å². The maximum absolute atomic E-state index is 12.7. The van der Waals surface area contributed by atoms with Crippen LogP contribution in [0.4, 0.5) is 11.4 Å². The molecule has 0 bridgehead atoms. The molecular formula is C25H22N2O7. The van der Waals surface area contributed by atoms with Crippen LogP contribution < -0.4 is 10.2 Å². The van der Waals surface area contributed by atoms with E-state index in [1.165, 1.54) is 60.5 Å². The molecule has 34 heavy (non-hydrogen) atoms. The van der Waals surface area contributed by atoms with Gasteiger partial charge in [0.1, 0.15) is 0 Å². The Labute approximate surface area is 195 Å². The van der Waals surface area contributed by atoms with Crippen molar-refractivity contribution in [2.45, 2.75) is 12.8 Å². The number of ether oxygens (including phenoxy) is 2. The number of esters is 2. The number of allylic oxidation sites excluding steroid dienone is 2. The molecule has 4 rings (SSSR count). The Morgan fingerprint density at radius 1 is 0.853 bits per heavy atom. The van der Waals surface area contributed by atoms with Crippen LogP contribution in [0, 0.1) is 11.8 Å². The molecule has 9 heteroatoms. The third-order valence-electron chi connectivity index (χ3n) is 5.79. The Morgan fingerprint density at radius 3 is 1.94 bits per heavy atom. The average Bonchev–Trinajstić information content (AvgIpc) is 3.12. The normalized spacial score (nSPS) is 18.9. The number of rotatable bonds is 6. The van der Waals surface area contributed by atoms with Crippen molar-refractivity contribution < 1.29 is 33.4 Å². The topological polar surface area (TPSA) is 119 Å². The fourth-order valence-electron chi connectivity index (χ4n) is 4.02. The van der Waals surface area contributed by atoms with Crippen LogP contribution in [-0.2, 0) is 23.9 Å². The second kappa shape index (κ2) is 9.70. The Bertz CT molecular complexity index is 1140. The zero-order valence-corrected chi connectivity index (χ0v) is 18.4. The summed E-state index contributed by atoms with van der Waals surface area (Å²) in [5.74, 6) is -2.90. The van der Waals surface area contributed by atoms with E-state index in [9.17, 15) is 24.0 Å². The van der Waals surface area contributed by atoms with Gasteiger partial charge in [0.15, 0.2) is 6.61 Å². The minimum absolute atomic E-state index is 0.178. The van der Waals surface area contributed by atoms with Crippen molar-refractivity contribution in [1.82, 2.24) is 0 Å². The molecule has 0 unspecified atom stereocenters. The molecule has 3 amide bonds. The standard InChI is InChI=1S/C25H22N2O7/c1-33-24(31)15-6-10-17(11-7-15)26-21(28)14-34-25(32)16-8-12-18(13-9-16)27-22(29)19-4-2-3-5-20(19)23(27)30/h2-3,6-13,19-20H,4-5,14H2,1H3,(H,26,28)/t19-,20-/m1/s1. The summed E-state index contributed by atoms with van der Waals surface area (Å²) in [4.78, 5) is 62.4. The maximum Gasteiger partial charge on any atom is 0.338 e. The lowest BCUT2D eigenvalue weighted by Crippen LogP contribution is -2.30. The van der Waals surface area contributed by atoms with E-state index in [0.29, 0.717) is 29.8 Å². The Balaban J connectivity index is 1.32. The van der Waals surface area contributed by atoms with Gasteiger partial charge < -0.3 is 14.8 Å². The van der Waals surface area contributed by atoms with Crippen molar-refractivity contribution in [1.29, 1.82) is 0 Å². The van der Waals surface area contributed by atoms with Crippen molar-refractivity contribution in [3.63, 3.8) is 0 Å². The van der Waals surface area contributed by atoms with Crippen LogP contribution in [0.3, 0.4) is 0 Å². The molecule has 2 atom stereocenters. The first-order valence-corrected chi connectivity index (χ1v) is 10.7. The molecule has 0 saturated carbocycles. The van der Waals surface area contributed by atoms with Gasteiger partial charge in [0.25, 0.3) is 5.91 Å². The molecule has 2 aromatic carbocycles. The van der Waals surface area contributed by atoms with Crippen LogP contribution in [0.5, 0.6) is 0 Å². The van der Waals surface area contributed by atoms with E-state index in [-0.39, 0.29) is 29.2 Å². The van der Waals surface area contributed by atoms with Crippen LogP contribution in [0.2, 0.25) is 0 Å². The van der Waals surface area contributed by atoms with Gasteiger partial charge in [-0.05, 0) is 61.4 Å². The largest absolute Gasteiger partial charge is 0.465 e. The number of imide groups is 1. The monoisotopic (exact) mass is 462 g/mol. The lowest BCUT2D eigenvalue weighted by Gasteiger charge is -2.15. The van der Waals surface area contributed by atoms with Crippen LogP contribution in [0.15, 0.2) is 60.7 Å². The van der Waals surface area contributed by atoms with Crippen molar-refractivity contribution in [2.75, 3.05) is 23.9 Å². The van der Waals surface area contributed by atoms with Crippen molar-refractivity contribution in [3.8, 4) is 0 Å². The van der Waals surface area contributed by atoms with E-state index in [0.717, 1.165) is 0 Å². The second-order valence-electron chi connectivity index (χ2n) is 7.91. The number of amides is 3. The molecule has 1 N–H and O–H groups in total. The highest BCUT2D eigenvalue weighted by atomic mass is 16.5. The number of anilines is 2. The number of fused-ring (bicyclic) bond motifs is 1. The molecule has 2 aromatic rings.